The van der Waals surface area contributed by atoms with Gasteiger partial charge in [-0.3, -0.25) is 9.67 Å². The van der Waals surface area contributed by atoms with E-state index in [0.717, 1.165) is 5.56 Å². The van der Waals surface area contributed by atoms with Crippen LogP contribution in [0.5, 0.6) is 0 Å². The first kappa shape index (κ1) is 18.3. The summed E-state index contributed by atoms with van der Waals surface area (Å²) < 4.78 is 35.0. The first-order valence-electron chi connectivity index (χ1n) is 8.57. The third kappa shape index (κ3) is 4.19. The molecule has 1 saturated heterocycles. The van der Waals surface area contributed by atoms with Crippen LogP contribution in [0.1, 0.15) is 17.2 Å². The van der Waals surface area contributed by atoms with Gasteiger partial charge in [-0.25, -0.2) is 8.78 Å². The molecule has 3 rings (SSSR count). The van der Waals surface area contributed by atoms with Crippen LogP contribution in [0.15, 0.2) is 35.6 Å². The molecule has 8 heteroatoms. The zero-order valence-electron chi connectivity index (χ0n) is 15.0. The van der Waals surface area contributed by atoms with Crippen LogP contribution in [-0.2, 0) is 18.2 Å². The molecule has 1 aromatic heterocycles. The van der Waals surface area contributed by atoms with Gasteiger partial charge in [0.15, 0.2) is 5.96 Å². The average Bonchev–Trinajstić information content (AvgIpc) is 3.07. The zero-order valence-corrected chi connectivity index (χ0v) is 15.0. The summed E-state index contributed by atoms with van der Waals surface area (Å²) in [4.78, 5) is 6.37. The molecule has 0 amide bonds. The van der Waals surface area contributed by atoms with Gasteiger partial charge in [-0.05, 0) is 18.6 Å². The molecule has 0 saturated carbocycles. The van der Waals surface area contributed by atoms with Gasteiger partial charge in [-0.15, -0.1) is 0 Å². The second-order valence-corrected chi connectivity index (χ2v) is 6.18. The van der Waals surface area contributed by atoms with E-state index in [0.29, 0.717) is 32.2 Å². The van der Waals surface area contributed by atoms with Crippen molar-refractivity contribution in [2.45, 2.75) is 12.5 Å². The Morgan fingerprint density at radius 1 is 1.38 bits per heavy atom. The van der Waals surface area contributed by atoms with Crippen LogP contribution in [-0.4, -0.2) is 53.9 Å². The molecule has 140 valence electrons. The van der Waals surface area contributed by atoms with Crippen LogP contribution in [0.2, 0.25) is 0 Å². The summed E-state index contributed by atoms with van der Waals surface area (Å²) in [5.74, 6) is -0.353. The third-order valence-electron chi connectivity index (χ3n) is 4.39. The fraction of sp³-hybridized carbons (Fsp3) is 0.444. The number of halogens is 2. The van der Waals surface area contributed by atoms with E-state index in [1.165, 1.54) is 18.2 Å². The van der Waals surface area contributed by atoms with Gasteiger partial charge >= 0.3 is 0 Å². The Bertz CT molecular complexity index is 756. The number of guanidine groups is 1. The minimum Gasteiger partial charge on any atom is -0.370 e. The van der Waals surface area contributed by atoms with Crippen molar-refractivity contribution in [2.75, 3.05) is 33.3 Å². The maximum atomic E-state index is 13.7. The summed E-state index contributed by atoms with van der Waals surface area (Å²) in [5, 5.41) is 7.37. The second-order valence-electron chi connectivity index (χ2n) is 6.18. The minimum atomic E-state index is -0.523. The summed E-state index contributed by atoms with van der Waals surface area (Å²) in [5.41, 5.74) is 1.10. The summed E-state index contributed by atoms with van der Waals surface area (Å²) in [6.07, 6.45) is 3.89. The number of aromatic nitrogens is 2. The molecular weight excluding hydrogens is 340 g/mol. The molecule has 1 fully saturated rings. The van der Waals surface area contributed by atoms with Gasteiger partial charge in [0, 0.05) is 44.5 Å². The van der Waals surface area contributed by atoms with E-state index in [4.69, 9.17) is 4.74 Å². The number of ether oxygens (including phenoxy) is 1. The van der Waals surface area contributed by atoms with E-state index in [1.54, 1.807) is 17.9 Å². The fourth-order valence-electron chi connectivity index (χ4n) is 3.05. The van der Waals surface area contributed by atoms with E-state index in [1.807, 2.05) is 13.2 Å². The Morgan fingerprint density at radius 2 is 2.15 bits per heavy atom. The molecule has 1 atom stereocenters. The highest BCUT2D eigenvalue weighted by molar-refractivity contribution is 5.80. The number of nitrogens with zero attached hydrogens (tertiary/aromatic N) is 4. The summed E-state index contributed by atoms with van der Waals surface area (Å²) in [6, 6.07) is 3.91. The SMILES string of the molecule is CN=C(NCCc1c(F)cccc1F)N1CCOC(c2cnn(C)c2)C1. The van der Waals surface area contributed by atoms with Gasteiger partial charge in [-0.2, -0.15) is 5.10 Å². The van der Waals surface area contributed by atoms with Gasteiger partial charge < -0.3 is 15.0 Å². The molecule has 6 nitrogen and oxygen atoms in total. The molecule has 1 unspecified atom stereocenters. The first-order chi connectivity index (χ1) is 12.6. The second kappa shape index (κ2) is 8.27. The Balaban J connectivity index is 1.58. The molecule has 2 aromatic rings. The molecular formula is C18H23F2N5O. The third-order valence-corrected chi connectivity index (χ3v) is 4.39. The molecule has 1 aliphatic heterocycles. The average molecular weight is 363 g/mol. The predicted molar refractivity (Wildman–Crippen MR) is 94.9 cm³/mol. The number of rotatable bonds is 4. The maximum absolute atomic E-state index is 13.7. The van der Waals surface area contributed by atoms with E-state index in [2.05, 4.69) is 20.3 Å². The summed E-state index contributed by atoms with van der Waals surface area (Å²) in [6.45, 7) is 2.30. The van der Waals surface area contributed by atoms with Gasteiger partial charge in [0.2, 0.25) is 0 Å². The van der Waals surface area contributed by atoms with Crippen molar-refractivity contribution < 1.29 is 13.5 Å². The van der Waals surface area contributed by atoms with Crippen LogP contribution in [0, 0.1) is 11.6 Å². The lowest BCUT2D eigenvalue weighted by Gasteiger charge is -2.34. The Labute approximate surface area is 151 Å². The fourth-order valence-corrected chi connectivity index (χ4v) is 3.05. The van der Waals surface area contributed by atoms with Gasteiger partial charge in [-0.1, -0.05) is 6.07 Å². The molecule has 26 heavy (non-hydrogen) atoms. The number of benzene rings is 1. The topological polar surface area (TPSA) is 54.7 Å². The van der Waals surface area contributed by atoms with Crippen molar-refractivity contribution in [1.29, 1.82) is 0 Å². The number of aryl methyl sites for hydroxylation is 1. The zero-order chi connectivity index (χ0) is 18.5. The summed E-state index contributed by atoms with van der Waals surface area (Å²) in [7, 11) is 3.56. The van der Waals surface area contributed by atoms with Crippen LogP contribution >= 0.6 is 0 Å². The highest BCUT2D eigenvalue weighted by Gasteiger charge is 2.25. The predicted octanol–water partition coefficient (Wildman–Crippen LogP) is 1.89. The smallest absolute Gasteiger partial charge is 0.193 e. The van der Waals surface area contributed by atoms with E-state index >= 15 is 0 Å². The van der Waals surface area contributed by atoms with Crippen molar-refractivity contribution in [3.63, 3.8) is 0 Å². The van der Waals surface area contributed by atoms with E-state index in [9.17, 15) is 8.78 Å². The van der Waals surface area contributed by atoms with Crippen molar-refractivity contribution in [2.24, 2.45) is 12.0 Å². The van der Waals surface area contributed by atoms with Gasteiger partial charge in [0.1, 0.15) is 17.7 Å². The van der Waals surface area contributed by atoms with E-state index in [-0.39, 0.29) is 18.1 Å². The van der Waals surface area contributed by atoms with Gasteiger partial charge in [0.25, 0.3) is 0 Å². The highest BCUT2D eigenvalue weighted by Crippen LogP contribution is 2.21. The lowest BCUT2D eigenvalue weighted by Crippen LogP contribution is -2.48. The Kier molecular flexibility index (Phi) is 5.82. The number of morpholine rings is 1. The molecule has 0 radical (unpaired) electrons. The van der Waals surface area contributed by atoms with Crippen LogP contribution in [0.4, 0.5) is 8.78 Å². The Hall–Kier alpha value is -2.48. The lowest BCUT2D eigenvalue weighted by atomic mass is 10.1. The maximum Gasteiger partial charge on any atom is 0.193 e. The largest absolute Gasteiger partial charge is 0.370 e. The standard InChI is InChI=1S/C18H23F2N5O/c1-21-18(22-7-6-14-15(19)4-3-5-16(14)20)25-8-9-26-17(12-25)13-10-23-24(2)11-13/h3-5,10-11,17H,6-9,12H2,1-2H3,(H,21,22). The molecule has 1 aliphatic rings. The van der Waals surface area contributed by atoms with Crippen molar-refractivity contribution >= 4 is 5.96 Å². The molecule has 0 aliphatic carbocycles. The summed E-state index contributed by atoms with van der Waals surface area (Å²) >= 11 is 0. The molecule has 1 N–H and O–H groups in total. The quantitative estimate of drug-likeness (QED) is 0.666. The van der Waals surface area contributed by atoms with E-state index < -0.39 is 11.6 Å². The lowest BCUT2D eigenvalue weighted by molar-refractivity contribution is -0.00801. The Morgan fingerprint density at radius 3 is 2.81 bits per heavy atom. The van der Waals surface area contributed by atoms with Crippen LogP contribution in [0.3, 0.4) is 0 Å². The first-order valence-corrected chi connectivity index (χ1v) is 8.57. The monoisotopic (exact) mass is 363 g/mol. The molecule has 2 heterocycles. The minimum absolute atomic E-state index is 0.0833. The molecule has 0 spiro atoms. The number of nitrogens with one attached hydrogen (secondary N) is 1. The number of hydrogen-bond donors (Lipinski definition) is 1. The normalized spacial score (nSPS) is 18.2. The number of hydrogen-bond acceptors (Lipinski definition) is 3. The highest BCUT2D eigenvalue weighted by atomic mass is 19.1. The van der Waals surface area contributed by atoms with Crippen LogP contribution < -0.4 is 5.32 Å². The molecule has 0 bridgehead atoms. The van der Waals surface area contributed by atoms with Crippen molar-refractivity contribution in [3.8, 4) is 0 Å². The van der Waals surface area contributed by atoms with Crippen molar-refractivity contribution in [3.05, 3.63) is 53.4 Å². The number of aliphatic imine (C=N–C) groups is 1. The van der Waals surface area contributed by atoms with Gasteiger partial charge in [0.05, 0.1) is 19.3 Å². The van der Waals surface area contributed by atoms with Crippen LogP contribution in [0.25, 0.3) is 0 Å². The van der Waals surface area contributed by atoms with Crippen molar-refractivity contribution in [1.82, 2.24) is 20.0 Å². The molecule has 1 aromatic carbocycles.